The molecular formula is C22H26N4O4. The van der Waals surface area contributed by atoms with E-state index in [9.17, 15) is 9.59 Å². The summed E-state index contributed by atoms with van der Waals surface area (Å²) < 4.78 is 11.2. The topological polar surface area (TPSA) is 84.9 Å². The van der Waals surface area contributed by atoms with E-state index in [2.05, 4.69) is 9.97 Å². The van der Waals surface area contributed by atoms with E-state index in [0.29, 0.717) is 31.3 Å². The maximum Gasteiger partial charge on any atom is 0.228 e. The first kappa shape index (κ1) is 20.1. The van der Waals surface area contributed by atoms with Crippen LogP contribution in [-0.4, -0.2) is 59.5 Å². The summed E-state index contributed by atoms with van der Waals surface area (Å²) >= 11 is 0. The summed E-state index contributed by atoms with van der Waals surface area (Å²) in [6.07, 6.45) is 3.53. The number of carbonyl (C=O) groups excluding carboxylic acids is 2. The fourth-order valence-electron chi connectivity index (χ4n) is 4.05. The van der Waals surface area contributed by atoms with Crippen LogP contribution in [-0.2, 0) is 9.59 Å². The minimum Gasteiger partial charge on any atom is -0.497 e. The zero-order valence-electron chi connectivity index (χ0n) is 17.3. The normalized spacial score (nSPS) is 21.6. The Kier molecular flexibility index (Phi) is 5.83. The Bertz CT molecular complexity index is 918. The lowest BCUT2D eigenvalue weighted by molar-refractivity contribution is -0.138. The van der Waals surface area contributed by atoms with Crippen LogP contribution in [0.25, 0.3) is 0 Å². The minimum absolute atomic E-state index is 0.0199. The maximum absolute atomic E-state index is 13.1. The average molecular weight is 410 g/mol. The van der Waals surface area contributed by atoms with Crippen LogP contribution in [0.3, 0.4) is 0 Å². The van der Waals surface area contributed by atoms with Crippen LogP contribution in [0.15, 0.2) is 36.5 Å². The van der Waals surface area contributed by atoms with Gasteiger partial charge in [-0.05, 0) is 44.0 Å². The van der Waals surface area contributed by atoms with Crippen LogP contribution in [0, 0.1) is 12.8 Å². The molecule has 8 heteroatoms. The number of methoxy groups -OCH3 is 1. The van der Waals surface area contributed by atoms with Gasteiger partial charge in [0, 0.05) is 37.5 Å². The molecule has 0 aliphatic carbocycles. The van der Waals surface area contributed by atoms with Crippen LogP contribution in [0.5, 0.6) is 11.6 Å². The van der Waals surface area contributed by atoms with Gasteiger partial charge in [0.25, 0.3) is 0 Å². The second kappa shape index (κ2) is 8.69. The number of aryl methyl sites for hydroxylation is 1. The van der Waals surface area contributed by atoms with Crippen LogP contribution in [0.1, 0.15) is 25.1 Å². The van der Waals surface area contributed by atoms with Crippen molar-refractivity contribution in [2.45, 2.75) is 32.3 Å². The average Bonchev–Trinajstić information content (AvgIpc) is 3.15. The fraction of sp³-hybridized carbons (Fsp3) is 0.455. The van der Waals surface area contributed by atoms with Gasteiger partial charge in [-0.25, -0.2) is 4.98 Å². The van der Waals surface area contributed by atoms with Crippen molar-refractivity contribution >= 4 is 17.5 Å². The van der Waals surface area contributed by atoms with Crippen LogP contribution >= 0.6 is 0 Å². The second-order valence-corrected chi connectivity index (χ2v) is 7.71. The molecule has 3 heterocycles. The molecule has 2 unspecified atom stereocenters. The van der Waals surface area contributed by atoms with Crippen molar-refractivity contribution in [2.24, 2.45) is 5.92 Å². The Morgan fingerprint density at radius 1 is 1.17 bits per heavy atom. The van der Waals surface area contributed by atoms with Gasteiger partial charge in [-0.3, -0.25) is 9.59 Å². The number of rotatable bonds is 5. The highest BCUT2D eigenvalue weighted by molar-refractivity contribution is 6.00. The summed E-state index contributed by atoms with van der Waals surface area (Å²) in [4.78, 5) is 37.5. The number of likely N-dealkylation sites (tertiary alicyclic amines) is 1. The first-order valence-electron chi connectivity index (χ1n) is 10.2. The lowest BCUT2D eigenvalue weighted by Crippen LogP contribution is -2.47. The highest BCUT2D eigenvalue weighted by Crippen LogP contribution is 2.29. The molecule has 0 bridgehead atoms. The molecule has 2 aromatic rings. The lowest BCUT2D eigenvalue weighted by atomic mass is 10.0. The molecule has 0 N–H and O–H groups in total. The fourth-order valence-corrected chi connectivity index (χ4v) is 4.05. The molecule has 30 heavy (non-hydrogen) atoms. The van der Waals surface area contributed by atoms with Crippen LogP contribution in [0.2, 0.25) is 0 Å². The summed E-state index contributed by atoms with van der Waals surface area (Å²) in [6, 6.07) is 9.06. The molecule has 4 rings (SSSR count). The van der Waals surface area contributed by atoms with Gasteiger partial charge in [-0.15, -0.1) is 0 Å². The molecule has 158 valence electrons. The van der Waals surface area contributed by atoms with E-state index < -0.39 is 0 Å². The summed E-state index contributed by atoms with van der Waals surface area (Å²) in [6.45, 7) is 3.41. The third kappa shape index (κ3) is 4.37. The molecule has 2 amide bonds. The molecule has 2 saturated heterocycles. The zero-order valence-corrected chi connectivity index (χ0v) is 17.3. The van der Waals surface area contributed by atoms with Crippen molar-refractivity contribution < 1.29 is 19.1 Å². The Hall–Kier alpha value is -3.16. The van der Waals surface area contributed by atoms with Crippen molar-refractivity contribution in [1.29, 1.82) is 0 Å². The van der Waals surface area contributed by atoms with E-state index in [1.165, 1.54) is 0 Å². The Balaban J connectivity index is 1.38. The molecule has 0 radical (unpaired) electrons. The number of benzene rings is 1. The molecule has 8 nitrogen and oxygen atoms in total. The van der Waals surface area contributed by atoms with Gasteiger partial charge in [0.15, 0.2) is 0 Å². The summed E-state index contributed by atoms with van der Waals surface area (Å²) in [5.74, 6) is 1.57. The molecule has 0 spiro atoms. The first-order valence-corrected chi connectivity index (χ1v) is 10.2. The molecule has 2 aliphatic rings. The molecular weight excluding hydrogens is 384 g/mol. The number of hydrogen-bond donors (Lipinski definition) is 0. The predicted molar refractivity (Wildman–Crippen MR) is 110 cm³/mol. The van der Waals surface area contributed by atoms with Crippen LogP contribution in [0.4, 0.5) is 5.69 Å². The molecule has 2 atom stereocenters. The van der Waals surface area contributed by atoms with E-state index in [1.54, 1.807) is 24.3 Å². The summed E-state index contributed by atoms with van der Waals surface area (Å²) in [5.41, 5.74) is 0.787. The zero-order chi connectivity index (χ0) is 21.1. The standard InChI is InChI=1S/C22H26N4O4/c1-15-23-10-9-20(24-15)30-19-4-3-11-25(14-19)22(28)16-12-21(27)26(13-16)17-5-7-18(29-2)8-6-17/h5-10,16,19H,3-4,11-14H2,1-2H3. The van der Waals surface area contributed by atoms with Crippen molar-refractivity contribution in [2.75, 3.05) is 31.6 Å². The van der Waals surface area contributed by atoms with E-state index in [1.807, 2.05) is 36.1 Å². The quantitative estimate of drug-likeness (QED) is 0.751. The number of carbonyl (C=O) groups is 2. The van der Waals surface area contributed by atoms with Crippen LogP contribution < -0.4 is 14.4 Å². The molecule has 0 saturated carbocycles. The van der Waals surface area contributed by atoms with Crippen molar-refractivity contribution in [3.63, 3.8) is 0 Å². The van der Waals surface area contributed by atoms with Gasteiger partial charge >= 0.3 is 0 Å². The van der Waals surface area contributed by atoms with Gasteiger partial charge in [-0.2, -0.15) is 4.98 Å². The highest BCUT2D eigenvalue weighted by atomic mass is 16.5. The van der Waals surface area contributed by atoms with Crippen molar-refractivity contribution in [1.82, 2.24) is 14.9 Å². The number of anilines is 1. The number of piperidine rings is 1. The molecule has 1 aromatic carbocycles. The van der Waals surface area contributed by atoms with Gasteiger partial charge < -0.3 is 19.3 Å². The lowest BCUT2D eigenvalue weighted by Gasteiger charge is -2.34. The number of nitrogens with zero attached hydrogens (tertiary/aromatic N) is 4. The predicted octanol–water partition coefficient (Wildman–Crippen LogP) is 2.22. The number of ether oxygens (including phenoxy) is 2. The monoisotopic (exact) mass is 410 g/mol. The van der Waals surface area contributed by atoms with E-state index in [0.717, 1.165) is 24.3 Å². The van der Waals surface area contributed by atoms with E-state index in [4.69, 9.17) is 9.47 Å². The van der Waals surface area contributed by atoms with Gasteiger partial charge in [0.05, 0.1) is 19.6 Å². The molecule has 2 fully saturated rings. The summed E-state index contributed by atoms with van der Waals surface area (Å²) in [7, 11) is 1.60. The second-order valence-electron chi connectivity index (χ2n) is 7.71. The van der Waals surface area contributed by atoms with Crippen molar-refractivity contribution in [3.05, 3.63) is 42.4 Å². The highest BCUT2D eigenvalue weighted by Gasteiger charge is 2.38. The molecule has 2 aliphatic heterocycles. The number of amides is 2. The Labute approximate surface area is 175 Å². The maximum atomic E-state index is 13.1. The Morgan fingerprint density at radius 2 is 1.97 bits per heavy atom. The molecule has 1 aromatic heterocycles. The number of aromatic nitrogens is 2. The summed E-state index contributed by atoms with van der Waals surface area (Å²) in [5, 5.41) is 0. The minimum atomic E-state index is -0.334. The van der Waals surface area contributed by atoms with Gasteiger partial charge in [0.1, 0.15) is 17.7 Å². The van der Waals surface area contributed by atoms with Gasteiger partial charge in [-0.1, -0.05) is 0 Å². The smallest absolute Gasteiger partial charge is 0.228 e. The first-order chi connectivity index (χ1) is 14.5. The van der Waals surface area contributed by atoms with Crippen molar-refractivity contribution in [3.8, 4) is 11.6 Å². The SMILES string of the molecule is COc1ccc(N2CC(C(=O)N3CCCC(Oc4ccnc(C)n4)C3)CC2=O)cc1. The van der Waals surface area contributed by atoms with E-state index >= 15 is 0 Å². The third-order valence-electron chi connectivity index (χ3n) is 5.59. The van der Waals surface area contributed by atoms with E-state index in [-0.39, 0.29) is 30.3 Å². The number of hydrogen-bond acceptors (Lipinski definition) is 6. The largest absolute Gasteiger partial charge is 0.497 e. The Morgan fingerprint density at radius 3 is 2.70 bits per heavy atom. The third-order valence-corrected chi connectivity index (χ3v) is 5.59. The van der Waals surface area contributed by atoms with Gasteiger partial charge in [0.2, 0.25) is 17.7 Å².